The van der Waals surface area contributed by atoms with Crippen LogP contribution in [0.1, 0.15) is 40.5 Å². The third-order valence-electron chi connectivity index (χ3n) is 3.27. The van der Waals surface area contributed by atoms with Crippen molar-refractivity contribution in [1.29, 1.82) is 0 Å². The minimum absolute atomic E-state index is 0.449. The lowest BCUT2D eigenvalue weighted by Crippen LogP contribution is -2.61. The lowest BCUT2D eigenvalue weighted by Gasteiger charge is -2.49. The summed E-state index contributed by atoms with van der Waals surface area (Å²) in [5, 5.41) is 21.9. The van der Waals surface area contributed by atoms with Crippen LogP contribution in [0.5, 0.6) is 0 Å². The van der Waals surface area contributed by atoms with Crippen LogP contribution >= 0.6 is 0 Å². The molecule has 0 spiro atoms. The number of carbonyl (C=O) groups is 1. The maximum absolute atomic E-state index is 11.9. The van der Waals surface area contributed by atoms with E-state index in [4.69, 9.17) is 5.11 Å². The van der Waals surface area contributed by atoms with E-state index in [2.05, 4.69) is 0 Å². The molecule has 1 N–H and O–H groups in total. The molecule has 4 nitrogen and oxygen atoms in total. The van der Waals surface area contributed by atoms with Gasteiger partial charge in [0, 0.05) is 5.54 Å². The average molecular weight is 200 g/mol. The number of aliphatic carboxylic acids is 1. The summed E-state index contributed by atoms with van der Waals surface area (Å²) >= 11 is 0. The number of nitrogens with zero attached hydrogens (tertiary/aromatic N) is 1. The number of rotatable bonds is 1. The number of piperidine rings is 1. The Bertz CT molecular complexity index is 248. The molecule has 1 atom stereocenters. The van der Waals surface area contributed by atoms with Crippen molar-refractivity contribution in [3.63, 3.8) is 0 Å². The predicted octanol–water partition coefficient (Wildman–Crippen LogP) is 1.69. The SMILES string of the molecule is CC1(C)CCC(C(=O)O)C(C)(C)N1[O]. The van der Waals surface area contributed by atoms with Crippen LogP contribution in [-0.2, 0) is 10.0 Å². The van der Waals surface area contributed by atoms with Crippen molar-refractivity contribution < 1.29 is 15.1 Å². The summed E-state index contributed by atoms with van der Waals surface area (Å²) in [6, 6.07) is 0. The molecule has 1 unspecified atom stereocenters. The van der Waals surface area contributed by atoms with Gasteiger partial charge in [0.1, 0.15) is 0 Å². The number of carboxylic acids is 1. The smallest absolute Gasteiger partial charge is 0.308 e. The Morgan fingerprint density at radius 3 is 2.29 bits per heavy atom. The van der Waals surface area contributed by atoms with Crippen molar-refractivity contribution in [3.05, 3.63) is 0 Å². The predicted molar refractivity (Wildman–Crippen MR) is 51.0 cm³/mol. The van der Waals surface area contributed by atoms with E-state index in [1.54, 1.807) is 13.8 Å². The molecule has 0 aliphatic carbocycles. The summed E-state index contributed by atoms with van der Waals surface area (Å²) in [6.45, 7) is 7.14. The molecule has 1 heterocycles. The highest BCUT2D eigenvalue weighted by atomic mass is 16.5. The van der Waals surface area contributed by atoms with Crippen LogP contribution in [-0.4, -0.2) is 27.2 Å². The van der Waals surface area contributed by atoms with Crippen LogP contribution in [0, 0.1) is 5.92 Å². The van der Waals surface area contributed by atoms with E-state index < -0.39 is 23.0 Å². The highest BCUT2D eigenvalue weighted by Crippen LogP contribution is 2.40. The molecule has 81 valence electrons. The van der Waals surface area contributed by atoms with E-state index >= 15 is 0 Å². The molecule has 0 aromatic rings. The second-order valence-electron chi connectivity index (χ2n) is 5.19. The van der Waals surface area contributed by atoms with Crippen molar-refractivity contribution in [2.24, 2.45) is 5.92 Å². The summed E-state index contributed by atoms with van der Waals surface area (Å²) < 4.78 is 0. The number of hydrogen-bond acceptors (Lipinski definition) is 2. The molecule has 1 saturated heterocycles. The van der Waals surface area contributed by atoms with E-state index in [1.165, 1.54) is 0 Å². The van der Waals surface area contributed by atoms with Crippen molar-refractivity contribution in [2.45, 2.75) is 51.6 Å². The molecular weight excluding hydrogens is 182 g/mol. The zero-order valence-electron chi connectivity index (χ0n) is 9.20. The van der Waals surface area contributed by atoms with Gasteiger partial charge >= 0.3 is 5.97 Å². The molecule has 0 aromatic heterocycles. The minimum Gasteiger partial charge on any atom is -0.481 e. The zero-order valence-corrected chi connectivity index (χ0v) is 9.20. The fourth-order valence-electron chi connectivity index (χ4n) is 2.30. The van der Waals surface area contributed by atoms with Gasteiger partial charge in [-0.1, -0.05) is 0 Å². The van der Waals surface area contributed by atoms with Crippen LogP contribution in [0.15, 0.2) is 0 Å². The van der Waals surface area contributed by atoms with Crippen LogP contribution in [0.3, 0.4) is 0 Å². The first kappa shape index (κ1) is 11.5. The lowest BCUT2D eigenvalue weighted by molar-refractivity contribution is -0.299. The molecule has 1 aliphatic rings. The maximum atomic E-state index is 11.9. The number of hydroxylamine groups is 2. The summed E-state index contributed by atoms with van der Waals surface area (Å²) in [5.41, 5.74) is -1.26. The topological polar surface area (TPSA) is 60.4 Å². The van der Waals surface area contributed by atoms with Gasteiger partial charge in [0.25, 0.3) is 0 Å². The van der Waals surface area contributed by atoms with Gasteiger partial charge in [-0.2, -0.15) is 0 Å². The Morgan fingerprint density at radius 2 is 1.86 bits per heavy atom. The largest absolute Gasteiger partial charge is 0.481 e. The quantitative estimate of drug-likeness (QED) is 0.700. The lowest BCUT2D eigenvalue weighted by atomic mass is 9.74. The van der Waals surface area contributed by atoms with Crippen LogP contribution in [0.4, 0.5) is 0 Å². The third-order valence-corrected chi connectivity index (χ3v) is 3.27. The monoisotopic (exact) mass is 200 g/mol. The molecule has 0 saturated carbocycles. The van der Waals surface area contributed by atoms with E-state index in [0.717, 1.165) is 5.06 Å². The number of carboxylic acid groups (broad SMARTS) is 1. The molecule has 0 bridgehead atoms. The standard InChI is InChI=1S/C10H18NO3/c1-9(2)6-5-7(8(12)13)10(3,4)11(9)14/h7H,5-6H2,1-4H3,(H,12,13). The van der Waals surface area contributed by atoms with E-state index in [-0.39, 0.29) is 0 Å². The molecule has 0 aromatic carbocycles. The molecule has 1 radical (unpaired) electrons. The Hall–Kier alpha value is -0.610. The molecule has 0 amide bonds. The molecule has 14 heavy (non-hydrogen) atoms. The normalized spacial score (nSPS) is 31.4. The maximum Gasteiger partial charge on any atom is 0.308 e. The van der Waals surface area contributed by atoms with Gasteiger partial charge < -0.3 is 5.11 Å². The summed E-state index contributed by atoms with van der Waals surface area (Å²) in [4.78, 5) is 11.0. The molecule has 1 aliphatic heterocycles. The van der Waals surface area contributed by atoms with Crippen molar-refractivity contribution in [1.82, 2.24) is 5.06 Å². The highest BCUT2D eigenvalue weighted by Gasteiger charge is 2.50. The van der Waals surface area contributed by atoms with E-state index in [1.807, 2.05) is 13.8 Å². The number of hydrogen-bond donors (Lipinski definition) is 1. The first-order valence-corrected chi connectivity index (χ1v) is 4.90. The van der Waals surface area contributed by atoms with Crippen molar-refractivity contribution in [2.75, 3.05) is 0 Å². The van der Waals surface area contributed by atoms with Gasteiger partial charge in [-0.05, 0) is 40.5 Å². The fraction of sp³-hybridized carbons (Fsp3) is 0.900. The average Bonchev–Trinajstić information content (AvgIpc) is 1.99. The second kappa shape index (κ2) is 3.21. The Balaban J connectivity index is 2.96. The van der Waals surface area contributed by atoms with Crippen molar-refractivity contribution >= 4 is 5.97 Å². The first-order chi connectivity index (χ1) is 6.19. The Labute approximate surface area is 84.5 Å². The van der Waals surface area contributed by atoms with Crippen LogP contribution in [0.25, 0.3) is 0 Å². The van der Waals surface area contributed by atoms with Crippen molar-refractivity contribution in [3.8, 4) is 0 Å². The van der Waals surface area contributed by atoms with Gasteiger partial charge in [-0.15, -0.1) is 10.3 Å². The van der Waals surface area contributed by atoms with E-state index in [0.29, 0.717) is 12.8 Å². The fourth-order valence-corrected chi connectivity index (χ4v) is 2.30. The van der Waals surface area contributed by atoms with Gasteiger partial charge in [-0.25, -0.2) is 0 Å². The first-order valence-electron chi connectivity index (χ1n) is 4.90. The molecule has 1 fully saturated rings. The van der Waals surface area contributed by atoms with Crippen LogP contribution < -0.4 is 0 Å². The Kier molecular flexibility index (Phi) is 2.63. The highest BCUT2D eigenvalue weighted by molar-refractivity contribution is 5.71. The van der Waals surface area contributed by atoms with Gasteiger partial charge in [-0.3, -0.25) is 4.79 Å². The van der Waals surface area contributed by atoms with Gasteiger partial charge in [0.2, 0.25) is 0 Å². The molecule has 4 heteroatoms. The summed E-state index contributed by atoms with van der Waals surface area (Å²) in [6.07, 6.45) is 1.21. The Morgan fingerprint density at radius 1 is 1.36 bits per heavy atom. The third kappa shape index (κ3) is 1.64. The van der Waals surface area contributed by atoms with E-state index in [9.17, 15) is 10.0 Å². The summed E-state index contributed by atoms with van der Waals surface area (Å²) in [7, 11) is 0. The van der Waals surface area contributed by atoms with Gasteiger partial charge in [0.15, 0.2) is 0 Å². The second-order valence-corrected chi connectivity index (χ2v) is 5.19. The zero-order chi connectivity index (χ0) is 11.1. The summed E-state index contributed by atoms with van der Waals surface area (Å²) in [5.74, 6) is -1.43. The molecular formula is C10H18NO3. The molecule has 1 rings (SSSR count). The minimum atomic E-state index is -0.869. The van der Waals surface area contributed by atoms with Crippen LogP contribution in [0.2, 0.25) is 0 Å². The van der Waals surface area contributed by atoms with Gasteiger partial charge in [0.05, 0.1) is 11.5 Å².